The van der Waals surface area contributed by atoms with Gasteiger partial charge in [0.1, 0.15) is 11.6 Å². The van der Waals surface area contributed by atoms with Gasteiger partial charge in [-0.15, -0.1) is 13.2 Å². The number of ether oxygens (including phenoxy) is 1. The van der Waals surface area contributed by atoms with Gasteiger partial charge in [-0.3, -0.25) is 5.43 Å². The average Bonchev–Trinajstić information content (AvgIpc) is 2.66. The number of benzene rings is 2. The minimum atomic E-state index is -4.80. The highest BCUT2D eigenvalue weighted by Gasteiger charge is 2.31. The fourth-order valence-corrected chi connectivity index (χ4v) is 2.86. The van der Waals surface area contributed by atoms with Crippen LogP contribution in [0.3, 0.4) is 0 Å². The summed E-state index contributed by atoms with van der Waals surface area (Å²) in [5.41, 5.74) is 2.04. The van der Waals surface area contributed by atoms with Gasteiger partial charge in [0, 0.05) is 16.8 Å². The molecule has 0 saturated carbocycles. The average molecular weight is 510 g/mol. The Bertz CT molecular complexity index is 1150. The van der Waals surface area contributed by atoms with Crippen molar-refractivity contribution in [1.82, 2.24) is 9.97 Å². The molecule has 2 aromatic carbocycles. The Kier molecular flexibility index (Phi) is 7.18. The van der Waals surface area contributed by atoms with Gasteiger partial charge in [0.25, 0.3) is 0 Å². The lowest BCUT2D eigenvalue weighted by Gasteiger charge is -2.12. The second-order valence-electron chi connectivity index (χ2n) is 6.25. The van der Waals surface area contributed by atoms with Crippen LogP contribution in [-0.4, -0.2) is 22.5 Å². The smallest absolute Gasteiger partial charge is 0.406 e. The number of alkyl halides is 6. The molecule has 2 N–H and O–H groups in total. The van der Waals surface area contributed by atoms with Crippen LogP contribution in [0.5, 0.6) is 5.75 Å². The minimum Gasteiger partial charge on any atom is -0.406 e. The summed E-state index contributed by atoms with van der Waals surface area (Å²) in [6.07, 6.45) is -8.11. The van der Waals surface area contributed by atoms with Crippen molar-refractivity contribution in [2.75, 3.05) is 10.7 Å². The standard InChI is InChI=1S/C19H11Cl2F6N5O/c20-12-5-11(18(22,23)24)6-13(7-12)29-15-8-16(31-17(21)30-15)32-28-9-10-1-3-14(4-2-10)33-19(25,26)27/h1-9H,(H2,29,30,31,32)/b28-9+. The first kappa shape index (κ1) is 24.4. The fourth-order valence-electron chi connectivity index (χ4n) is 2.44. The summed E-state index contributed by atoms with van der Waals surface area (Å²) in [4.78, 5) is 7.75. The summed E-state index contributed by atoms with van der Waals surface area (Å²) in [7, 11) is 0. The minimum absolute atomic E-state index is 0.0141. The van der Waals surface area contributed by atoms with E-state index in [0.717, 1.165) is 24.3 Å². The number of nitrogens with one attached hydrogen (secondary N) is 2. The molecule has 0 aliphatic heterocycles. The lowest BCUT2D eigenvalue weighted by molar-refractivity contribution is -0.274. The highest BCUT2D eigenvalue weighted by Crippen LogP contribution is 2.34. The van der Waals surface area contributed by atoms with Crippen LogP contribution in [-0.2, 0) is 6.18 Å². The number of aromatic nitrogens is 2. The maximum absolute atomic E-state index is 13.0. The third kappa shape index (κ3) is 7.68. The Morgan fingerprint density at radius 1 is 0.879 bits per heavy atom. The first-order valence-corrected chi connectivity index (χ1v) is 9.47. The quantitative estimate of drug-likeness (QED) is 0.164. The third-order valence-corrected chi connectivity index (χ3v) is 4.09. The molecule has 0 amide bonds. The molecule has 0 saturated heterocycles. The molecular weight excluding hydrogens is 499 g/mol. The second-order valence-corrected chi connectivity index (χ2v) is 7.02. The third-order valence-electron chi connectivity index (χ3n) is 3.70. The Morgan fingerprint density at radius 3 is 2.18 bits per heavy atom. The van der Waals surface area contributed by atoms with Crippen molar-refractivity contribution >= 4 is 46.7 Å². The van der Waals surface area contributed by atoms with Gasteiger partial charge in [-0.2, -0.15) is 23.3 Å². The summed E-state index contributed by atoms with van der Waals surface area (Å²) in [6, 6.07) is 9.11. The highest BCUT2D eigenvalue weighted by atomic mass is 35.5. The molecule has 0 unspecified atom stereocenters. The number of hydrazone groups is 1. The molecule has 1 heterocycles. The van der Waals surface area contributed by atoms with Crippen LogP contribution in [0, 0.1) is 0 Å². The van der Waals surface area contributed by atoms with Crippen LogP contribution in [0.15, 0.2) is 53.6 Å². The first-order valence-electron chi connectivity index (χ1n) is 8.72. The van der Waals surface area contributed by atoms with Crippen LogP contribution >= 0.6 is 23.2 Å². The maximum atomic E-state index is 13.0. The monoisotopic (exact) mass is 509 g/mol. The van der Waals surface area contributed by atoms with Crippen molar-refractivity contribution in [3.63, 3.8) is 0 Å². The highest BCUT2D eigenvalue weighted by molar-refractivity contribution is 6.31. The largest absolute Gasteiger partial charge is 0.573 e. The molecule has 3 aromatic rings. The molecule has 0 aliphatic carbocycles. The van der Waals surface area contributed by atoms with Gasteiger partial charge in [0.05, 0.1) is 11.8 Å². The van der Waals surface area contributed by atoms with Crippen molar-refractivity contribution in [3.05, 3.63) is 70.0 Å². The van der Waals surface area contributed by atoms with Crippen LogP contribution in [0.4, 0.5) is 43.7 Å². The van der Waals surface area contributed by atoms with Crippen molar-refractivity contribution in [2.24, 2.45) is 5.10 Å². The van der Waals surface area contributed by atoms with Gasteiger partial charge in [-0.05, 0) is 59.6 Å². The molecule has 6 nitrogen and oxygen atoms in total. The zero-order valence-electron chi connectivity index (χ0n) is 16.0. The molecule has 33 heavy (non-hydrogen) atoms. The lowest BCUT2D eigenvalue weighted by Crippen LogP contribution is -2.17. The molecule has 3 rings (SSSR count). The van der Waals surface area contributed by atoms with Crippen LogP contribution < -0.4 is 15.5 Å². The van der Waals surface area contributed by atoms with Gasteiger partial charge in [-0.25, -0.2) is 4.98 Å². The predicted molar refractivity (Wildman–Crippen MR) is 111 cm³/mol. The molecule has 0 spiro atoms. The summed E-state index contributed by atoms with van der Waals surface area (Å²) in [5.74, 6) is -0.249. The van der Waals surface area contributed by atoms with E-state index in [0.29, 0.717) is 5.56 Å². The number of anilines is 3. The zero-order valence-corrected chi connectivity index (χ0v) is 17.5. The Morgan fingerprint density at radius 2 is 1.55 bits per heavy atom. The van der Waals surface area contributed by atoms with E-state index in [2.05, 4.69) is 30.5 Å². The van der Waals surface area contributed by atoms with Crippen LogP contribution in [0.1, 0.15) is 11.1 Å². The summed E-state index contributed by atoms with van der Waals surface area (Å²) in [5, 5.41) is 6.17. The van der Waals surface area contributed by atoms with E-state index in [9.17, 15) is 26.3 Å². The maximum Gasteiger partial charge on any atom is 0.573 e. The van der Waals surface area contributed by atoms with Gasteiger partial charge in [0.15, 0.2) is 5.82 Å². The molecule has 0 bridgehead atoms. The van der Waals surface area contributed by atoms with Crippen molar-refractivity contribution in [3.8, 4) is 5.75 Å². The Balaban J connectivity index is 1.70. The molecule has 0 atom stereocenters. The fraction of sp³-hybridized carbons (Fsp3) is 0.105. The molecule has 0 radical (unpaired) electrons. The topological polar surface area (TPSA) is 71.4 Å². The Labute approximate surface area is 192 Å². The normalized spacial score (nSPS) is 12.1. The van der Waals surface area contributed by atoms with E-state index >= 15 is 0 Å². The first-order chi connectivity index (χ1) is 15.4. The summed E-state index contributed by atoms with van der Waals surface area (Å²) in [6.45, 7) is 0. The molecule has 0 aliphatic rings. The van der Waals surface area contributed by atoms with Gasteiger partial charge in [0.2, 0.25) is 5.28 Å². The van der Waals surface area contributed by atoms with E-state index < -0.39 is 18.1 Å². The van der Waals surface area contributed by atoms with Gasteiger partial charge >= 0.3 is 12.5 Å². The number of rotatable bonds is 6. The van der Waals surface area contributed by atoms with Gasteiger partial charge < -0.3 is 10.1 Å². The summed E-state index contributed by atoms with van der Waals surface area (Å²) >= 11 is 11.6. The second kappa shape index (κ2) is 9.71. The number of nitrogens with zero attached hydrogens (tertiary/aromatic N) is 3. The summed E-state index contributed by atoms with van der Waals surface area (Å²) < 4.78 is 79.2. The van der Waals surface area contributed by atoms with E-state index in [1.165, 1.54) is 30.5 Å². The molecule has 14 heteroatoms. The van der Waals surface area contributed by atoms with E-state index in [-0.39, 0.29) is 33.4 Å². The van der Waals surface area contributed by atoms with Crippen LogP contribution in [0.25, 0.3) is 0 Å². The van der Waals surface area contributed by atoms with E-state index in [1.807, 2.05) is 0 Å². The van der Waals surface area contributed by atoms with Gasteiger partial charge in [-0.1, -0.05) is 11.6 Å². The van der Waals surface area contributed by atoms with E-state index in [4.69, 9.17) is 23.2 Å². The zero-order chi connectivity index (χ0) is 24.2. The van der Waals surface area contributed by atoms with E-state index in [1.54, 1.807) is 0 Å². The number of hydrogen-bond donors (Lipinski definition) is 2. The number of halogens is 8. The van der Waals surface area contributed by atoms with Crippen molar-refractivity contribution in [2.45, 2.75) is 12.5 Å². The number of hydrogen-bond acceptors (Lipinski definition) is 6. The van der Waals surface area contributed by atoms with Crippen molar-refractivity contribution < 1.29 is 31.1 Å². The van der Waals surface area contributed by atoms with Crippen LogP contribution in [0.2, 0.25) is 10.3 Å². The van der Waals surface area contributed by atoms with Crippen molar-refractivity contribution in [1.29, 1.82) is 0 Å². The molecule has 174 valence electrons. The molecule has 1 aromatic heterocycles. The predicted octanol–water partition coefficient (Wildman–Crippen LogP) is 6.89. The SMILES string of the molecule is FC(F)(F)Oc1ccc(/C=N/Nc2cc(Nc3cc(Cl)cc(C(F)(F)F)c3)nc(Cl)n2)cc1. The molecular formula is C19H11Cl2F6N5O. The lowest BCUT2D eigenvalue weighted by atomic mass is 10.2. The Hall–Kier alpha value is -3.25. The molecule has 0 fully saturated rings.